The minimum atomic E-state index is -0.644. The number of carbonyl (C=O) groups is 2. The number of anilines is 1. The summed E-state index contributed by atoms with van der Waals surface area (Å²) in [6.07, 6.45) is 0.927. The van der Waals surface area contributed by atoms with Crippen LogP contribution in [0.15, 0.2) is 42.5 Å². The molecule has 25 heavy (non-hydrogen) atoms. The fourth-order valence-corrected chi connectivity index (χ4v) is 2.24. The first-order chi connectivity index (χ1) is 12.0. The van der Waals surface area contributed by atoms with Crippen LogP contribution < -0.4 is 10.1 Å². The van der Waals surface area contributed by atoms with Gasteiger partial charge in [-0.15, -0.1) is 0 Å². The second-order valence-electron chi connectivity index (χ2n) is 5.48. The van der Waals surface area contributed by atoms with Crippen molar-refractivity contribution in [2.75, 3.05) is 18.5 Å². The molecule has 0 spiro atoms. The second-order valence-corrected chi connectivity index (χ2v) is 5.89. The van der Waals surface area contributed by atoms with Crippen molar-refractivity contribution >= 4 is 29.2 Å². The molecule has 0 unspecified atom stereocenters. The van der Waals surface area contributed by atoms with E-state index in [1.54, 1.807) is 24.3 Å². The molecule has 2 aromatic rings. The Bertz CT molecular complexity index is 744. The van der Waals surface area contributed by atoms with E-state index in [0.29, 0.717) is 16.5 Å². The number of hydrogen-bond acceptors (Lipinski definition) is 4. The summed E-state index contributed by atoms with van der Waals surface area (Å²) in [6.45, 7) is 3.25. The lowest BCUT2D eigenvalue weighted by Crippen LogP contribution is -2.23. The highest BCUT2D eigenvalue weighted by molar-refractivity contribution is 6.32. The van der Waals surface area contributed by atoms with Crippen molar-refractivity contribution in [2.24, 2.45) is 0 Å². The highest BCUT2D eigenvalue weighted by Crippen LogP contribution is 2.25. The van der Waals surface area contributed by atoms with Crippen LogP contribution in [0.4, 0.5) is 5.69 Å². The summed E-state index contributed by atoms with van der Waals surface area (Å²) >= 11 is 5.98. The zero-order valence-corrected chi connectivity index (χ0v) is 14.9. The maximum atomic E-state index is 11.8. The molecule has 0 heterocycles. The number of amides is 1. The number of benzene rings is 2. The molecular weight excluding hydrogens is 342 g/mol. The molecule has 5 nitrogen and oxygen atoms in total. The Labute approximate surface area is 151 Å². The smallest absolute Gasteiger partial charge is 0.344 e. The molecule has 0 saturated carbocycles. The molecule has 6 heteroatoms. The SMILES string of the molecule is CCc1ccc(NC(=O)COC(=O)COc2cc(C)ccc2Cl)cc1. The monoisotopic (exact) mass is 361 g/mol. The van der Waals surface area contributed by atoms with Gasteiger partial charge >= 0.3 is 5.97 Å². The lowest BCUT2D eigenvalue weighted by atomic mass is 10.1. The van der Waals surface area contributed by atoms with Crippen LogP contribution in [-0.4, -0.2) is 25.1 Å². The predicted molar refractivity (Wildman–Crippen MR) is 97.1 cm³/mol. The summed E-state index contributed by atoms with van der Waals surface area (Å²) < 4.78 is 10.2. The Hall–Kier alpha value is -2.53. The number of halogens is 1. The van der Waals surface area contributed by atoms with Gasteiger partial charge in [-0.2, -0.15) is 0 Å². The molecule has 0 bridgehead atoms. The van der Waals surface area contributed by atoms with E-state index in [1.807, 2.05) is 25.1 Å². The van der Waals surface area contributed by atoms with Crippen LogP contribution in [0.3, 0.4) is 0 Å². The maximum Gasteiger partial charge on any atom is 0.344 e. The van der Waals surface area contributed by atoms with E-state index >= 15 is 0 Å². The fourth-order valence-electron chi connectivity index (χ4n) is 2.07. The average molecular weight is 362 g/mol. The molecule has 0 aliphatic heterocycles. The van der Waals surface area contributed by atoms with Gasteiger partial charge in [-0.25, -0.2) is 4.79 Å². The van der Waals surface area contributed by atoms with Gasteiger partial charge in [-0.05, 0) is 48.7 Å². The molecule has 0 radical (unpaired) electrons. The van der Waals surface area contributed by atoms with Gasteiger partial charge in [0.1, 0.15) is 5.75 Å². The van der Waals surface area contributed by atoms with E-state index in [4.69, 9.17) is 21.1 Å². The van der Waals surface area contributed by atoms with E-state index in [-0.39, 0.29) is 13.2 Å². The third-order valence-electron chi connectivity index (χ3n) is 3.44. The summed E-state index contributed by atoms with van der Waals surface area (Å²) in [5.74, 6) is -0.653. The Morgan fingerprint density at radius 2 is 1.80 bits per heavy atom. The molecular formula is C19H20ClNO4. The number of aryl methyl sites for hydroxylation is 2. The van der Waals surface area contributed by atoms with Gasteiger partial charge in [-0.1, -0.05) is 36.7 Å². The average Bonchev–Trinajstić information content (AvgIpc) is 2.61. The first kappa shape index (κ1) is 18.8. The summed E-state index contributed by atoms with van der Waals surface area (Å²) in [6, 6.07) is 12.7. The number of rotatable bonds is 7. The van der Waals surface area contributed by atoms with Crippen LogP contribution in [0.1, 0.15) is 18.1 Å². The Morgan fingerprint density at radius 3 is 2.48 bits per heavy atom. The summed E-state index contributed by atoms with van der Waals surface area (Å²) in [5, 5.41) is 3.07. The van der Waals surface area contributed by atoms with Crippen molar-refractivity contribution in [1.82, 2.24) is 0 Å². The van der Waals surface area contributed by atoms with Crippen LogP contribution >= 0.6 is 11.6 Å². The molecule has 0 fully saturated rings. The number of esters is 1. The van der Waals surface area contributed by atoms with E-state index < -0.39 is 11.9 Å². The van der Waals surface area contributed by atoms with Gasteiger partial charge in [0.15, 0.2) is 13.2 Å². The number of nitrogens with one attached hydrogen (secondary N) is 1. The van der Waals surface area contributed by atoms with Crippen molar-refractivity contribution in [3.63, 3.8) is 0 Å². The predicted octanol–water partition coefficient (Wildman–Crippen LogP) is 3.77. The molecule has 0 atom stereocenters. The van der Waals surface area contributed by atoms with Crippen LogP contribution in [0, 0.1) is 6.92 Å². The van der Waals surface area contributed by atoms with Crippen molar-refractivity contribution in [2.45, 2.75) is 20.3 Å². The minimum absolute atomic E-state index is 0.318. The van der Waals surface area contributed by atoms with Gasteiger partial charge in [0.2, 0.25) is 0 Å². The van der Waals surface area contributed by atoms with Crippen molar-refractivity contribution in [1.29, 1.82) is 0 Å². The quantitative estimate of drug-likeness (QED) is 0.762. The topological polar surface area (TPSA) is 64.6 Å². The largest absolute Gasteiger partial charge is 0.480 e. The molecule has 1 amide bonds. The van der Waals surface area contributed by atoms with E-state index in [2.05, 4.69) is 12.2 Å². The van der Waals surface area contributed by atoms with Gasteiger partial charge < -0.3 is 14.8 Å². The number of ether oxygens (including phenoxy) is 2. The van der Waals surface area contributed by atoms with Gasteiger partial charge in [0.25, 0.3) is 5.91 Å². The minimum Gasteiger partial charge on any atom is -0.480 e. The number of hydrogen-bond donors (Lipinski definition) is 1. The van der Waals surface area contributed by atoms with E-state index in [0.717, 1.165) is 12.0 Å². The molecule has 0 aromatic heterocycles. The summed E-state index contributed by atoms with van der Waals surface area (Å²) in [7, 11) is 0. The van der Waals surface area contributed by atoms with Gasteiger partial charge in [0.05, 0.1) is 5.02 Å². The Kier molecular flexibility index (Phi) is 6.83. The first-order valence-corrected chi connectivity index (χ1v) is 8.29. The Morgan fingerprint density at radius 1 is 1.08 bits per heavy atom. The zero-order chi connectivity index (χ0) is 18.2. The first-order valence-electron chi connectivity index (χ1n) is 7.91. The maximum absolute atomic E-state index is 11.8. The highest BCUT2D eigenvalue weighted by Gasteiger charge is 2.10. The molecule has 2 aromatic carbocycles. The molecule has 2 rings (SSSR count). The van der Waals surface area contributed by atoms with E-state index in [9.17, 15) is 9.59 Å². The highest BCUT2D eigenvalue weighted by atomic mass is 35.5. The van der Waals surface area contributed by atoms with Crippen LogP contribution in [-0.2, 0) is 20.7 Å². The lowest BCUT2D eigenvalue weighted by Gasteiger charge is -2.09. The van der Waals surface area contributed by atoms with Gasteiger partial charge in [-0.3, -0.25) is 4.79 Å². The molecule has 1 N–H and O–H groups in total. The fraction of sp³-hybridized carbons (Fsp3) is 0.263. The molecule has 0 saturated heterocycles. The molecule has 132 valence electrons. The standard InChI is InChI=1S/C19H20ClNO4/c1-3-14-5-7-15(8-6-14)21-18(22)11-25-19(23)12-24-17-10-13(2)4-9-16(17)20/h4-10H,3,11-12H2,1-2H3,(H,21,22). The van der Waals surface area contributed by atoms with Crippen molar-refractivity contribution < 1.29 is 19.1 Å². The van der Waals surface area contributed by atoms with E-state index in [1.165, 1.54) is 5.56 Å². The number of carbonyl (C=O) groups excluding carboxylic acids is 2. The van der Waals surface area contributed by atoms with Crippen LogP contribution in [0.25, 0.3) is 0 Å². The summed E-state index contributed by atoms with van der Waals surface area (Å²) in [4.78, 5) is 23.5. The molecule has 0 aliphatic rings. The summed E-state index contributed by atoms with van der Waals surface area (Å²) in [5.41, 5.74) is 2.79. The Balaban J connectivity index is 1.75. The van der Waals surface area contributed by atoms with Crippen molar-refractivity contribution in [3.8, 4) is 5.75 Å². The normalized spacial score (nSPS) is 10.2. The van der Waals surface area contributed by atoms with Gasteiger partial charge in [0, 0.05) is 5.69 Å². The lowest BCUT2D eigenvalue weighted by molar-refractivity contribution is -0.149. The van der Waals surface area contributed by atoms with Crippen molar-refractivity contribution in [3.05, 3.63) is 58.6 Å². The third kappa shape index (κ3) is 6.12. The third-order valence-corrected chi connectivity index (χ3v) is 3.75. The zero-order valence-electron chi connectivity index (χ0n) is 14.2. The van der Waals surface area contributed by atoms with Crippen LogP contribution in [0.2, 0.25) is 5.02 Å². The second kappa shape index (κ2) is 9.08. The molecule has 0 aliphatic carbocycles. The van der Waals surface area contributed by atoms with Crippen LogP contribution in [0.5, 0.6) is 5.75 Å².